The molecule has 2 rings (SSSR count). The van der Waals surface area contributed by atoms with Crippen molar-refractivity contribution in [2.45, 2.75) is 13.0 Å². The molecule has 0 saturated heterocycles. The van der Waals surface area contributed by atoms with Gasteiger partial charge in [0, 0.05) is 6.20 Å². The van der Waals surface area contributed by atoms with Crippen LogP contribution in [0.1, 0.15) is 24.4 Å². The SMILES string of the molecule is CC(Nc1ncccc1C#N)c1nn[nH]n1. The molecule has 2 aromatic heterocycles. The first-order valence-electron chi connectivity index (χ1n) is 4.66. The van der Waals surface area contributed by atoms with Crippen LogP contribution in [0.15, 0.2) is 18.3 Å². The zero-order valence-electron chi connectivity index (χ0n) is 8.55. The molecule has 1 unspecified atom stereocenters. The Kier molecular flexibility index (Phi) is 2.73. The second kappa shape index (κ2) is 4.35. The number of rotatable bonds is 3. The molecule has 0 amide bonds. The minimum atomic E-state index is -0.166. The first kappa shape index (κ1) is 10.0. The fourth-order valence-corrected chi connectivity index (χ4v) is 1.23. The molecular weight excluding hydrogens is 206 g/mol. The molecule has 16 heavy (non-hydrogen) atoms. The summed E-state index contributed by atoms with van der Waals surface area (Å²) in [6, 6.07) is 5.29. The number of hydrogen-bond acceptors (Lipinski definition) is 6. The van der Waals surface area contributed by atoms with Crippen molar-refractivity contribution in [1.82, 2.24) is 25.6 Å². The van der Waals surface area contributed by atoms with Gasteiger partial charge in [0.25, 0.3) is 0 Å². The average Bonchev–Trinajstić information content (AvgIpc) is 2.83. The molecule has 0 saturated carbocycles. The molecule has 7 heteroatoms. The van der Waals surface area contributed by atoms with Crippen molar-refractivity contribution in [3.05, 3.63) is 29.7 Å². The van der Waals surface area contributed by atoms with E-state index in [0.29, 0.717) is 17.2 Å². The number of anilines is 1. The van der Waals surface area contributed by atoms with Gasteiger partial charge in [0.05, 0.1) is 11.6 Å². The lowest BCUT2D eigenvalue weighted by atomic mass is 10.2. The molecular formula is C9H9N7. The zero-order valence-corrected chi connectivity index (χ0v) is 8.55. The predicted molar refractivity (Wildman–Crippen MR) is 55.2 cm³/mol. The molecule has 2 aromatic rings. The van der Waals surface area contributed by atoms with Gasteiger partial charge in [-0.15, -0.1) is 10.2 Å². The predicted octanol–water partition coefficient (Wildman–Crippen LogP) is 0.639. The van der Waals surface area contributed by atoms with Gasteiger partial charge in [-0.2, -0.15) is 10.5 Å². The highest BCUT2D eigenvalue weighted by molar-refractivity contribution is 5.51. The Balaban J connectivity index is 2.19. The van der Waals surface area contributed by atoms with E-state index in [2.05, 4.69) is 37.0 Å². The minimum absolute atomic E-state index is 0.166. The highest BCUT2D eigenvalue weighted by Gasteiger charge is 2.12. The first-order chi connectivity index (χ1) is 7.81. The van der Waals surface area contributed by atoms with E-state index in [9.17, 15) is 0 Å². The Morgan fingerprint density at radius 3 is 3.12 bits per heavy atom. The smallest absolute Gasteiger partial charge is 0.196 e. The standard InChI is InChI=1S/C9H9N7/c1-6(8-13-15-16-14-8)12-9-7(5-10)3-2-4-11-9/h2-4,6H,1H3,(H,11,12)(H,13,14,15,16). The van der Waals surface area contributed by atoms with Crippen molar-refractivity contribution >= 4 is 5.82 Å². The van der Waals surface area contributed by atoms with Crippen LogP contribution in [0.25, 0.3) is 0 Å². The van der Waals surface area contributed by atoms with Crippen molar-refractivity contribution in [1.29, 1.82) is 5.26 Å². The quantitative estimate of drug-likeness (QED) is 0.778. The van der Waals surface area contributed by atoms with Gasteiger partial charge in [-0.05, 0) is 19.1 Å². The van der Waals surface area contributed by atoms with Gasteiger partial charge in [-0.3, -0.25) is 0 Å². The highest BCUT2D eigenvalue weighted by atomic mass is 15.5. The van der Waals surface area contributed by atoms with Crippen molar-refractivity contribution < 1.29 is 0 Å². The second-order valence-corrected chi connectivity index (χ2v) is 3.15. The molecule has 0 aliphatic heterocycles. The van der Waals surface area contributed by atoms with Crippen LogP contribution in [0.2, 0.25) is 0 Å². The van der Waals surface area contributed by atoms with E-state index in [-0.39, 0.29) is 6.04 Å². The number of H-pyrrole nitrogens is 1. The molecule has 0 aliphatic rings. The number of tetrazole rings is 1. The van der Waals surface area contributed by atoms with Crippen LogP contribution >= 0.6 is 0 Å². The van der Waals surface area contributed by atoms with E-state index >= 15 is 0 Å². The Bertz CT molecular complexity index is 499. The third kappa shape index (κ3) is 1.95. The Hall–Kier alpha value is -2.49. The number of nitrogens with zero attached hydrogens (tertiary/aromatic N) is 5. The molecule has 0 radical (unpaired) electrons. The van der Waals surface area contributed by atoms with Crippen LogP contribution in [-0.2, 0) is 0 Å². The summed E-state index contributed by atoms with van der Waals surface area (Å²) in [5.41, 5.74) is 0.484. The van der Waals surface area contributed by atoms with Gasteiger partial charge < -0.3 is 5.32 Å². The van der Waals surface area contributed by atoms with E-state index in [4.69, 9.17) is 5.26 Å². The summed E-state index contributed by atoms with van der Waals surface area (Å²) in [5, 5.41) is 25.5. The Morgan fingerprint density at radius 2 is 2.44 bits per heavy atom. The fourth-order valence-electron chi connectivity index (χ4n) is 1.23. The lowest BCUT2D eigenvalue weighted by molar-refractivity contribution is 0.787. The molecule has 0 aromatic carbocycles. The molecule has 1 atom stereocenters. The molecule has 0 bridgehead atoms. The zero-order chi connectivity index (χ0) is 11.4. The summed E-state index contributed by atoms with van der Waals surface area (Å²) in [6.45, 7) is 1.86. The lowest BCUT2D eigenvalue weighted by Crippen LogP contribution is -2.10. The van der Waals surface area contributed by atoms with Crippen LogP contribution in [0.5, 0.6) is 0 Å². The monoisotopic (exact) mass is 215 g/mol. The van der Waals surface area contributed by atoms with E-state index < -0.39 is 0 Å². The maximum Gasteiger partial charge on any atom is 0.196 e. The van der Waals surface area contributed by atoms with Gasteiger partial charge >= 0.3 is 0 Å². The van der Waals surface area contributed by atoms with Crippen LogP contribution in [-0.4, -0.2) is 25.6 Å². The maximum absolute atomic E-state index is 8.88. The summed E-state index contributed by atoms with van der Waals surface area (Å²) in [7, 11) is 0. The topological polar surface area (TPSA) is 103 Å². The van der Waals surface area contributed by atoms with E-state index in [1.807, 2.05) is 6.92 Å². The Labute approximate surface area is 91.5 Å². The van der Waals surface area contributed by atoms with Crippen molar-refractivity contribution in [2.75, 3.05) is 5.32 Å². The first-order valence-corrected chi connectivity index (χ1v) is 4.66. The number of nitriles is 1. The van der Waals surface area contributed by atoms with E-state index in [0.717, 1.165) is 0 Å². The molecule has 80 valence electrons. The number of aromatic amines is 1. The highest BCUT2D eigenvalue weighted by Crippen LogP contribution is 2.16. The van der Waals surface area contributed by atoms with Crippen molar-refractivity contribution in [3.8, 4) is 6.07 Å². The third-order valence-electron chi connectivity index (χ3n) is 2.03. The minimum Gasteiger partial charge on any atom is -0.359 e. The fraction of sp³-hybridized carbons (Fsp3) is 0.222. The third-order valence-corrected chi connectivity index (χ3v) is 2.03. The summed E-state index contributed by atoms with van der Waals surface area (Å²) < 4.78 is 0. The molecule has 7 nitrogen and oxygen atoms in total. The van der Waals surface area contributed by atoms with Gasteiger partial charge in [0.1, 0.15) is 11.9 Å². The van der Waals surface area contributed by atoms with E-state index in [1.165, 1.54) is 0 Å². The maximum atomic E-state index is 8.88. The van der Waals surface area contributed by atoms with Gasteiger partial charge in [-0.25, -0.2) is 4.98 Å². The summed E-state index contributed by atoms with van der Waals surface area (Å²) in [6.07, 6.45) is 1.62. The largest absolute Gasteiger partial charge is 0.359 e. The van der Waals surface area contributed by atoms with Crippen LogP contribution < -0.4 is 5.32 Å². The lowest BCUT2D eigenvalue weighted by Gasteiger charge is -2.10. The Morgan fingerprint density at radius 1 is 1.56 bits per heavy atom. The van der Waals surface area contributed by atoms with Crippen molar-refractivity contribution in [2.24, 2.45) is 0 Å². The number of aromatic nitrogens is 5. The molecule has 0 aliphatic carbocycles. The molecule has 2 heterocycles. The van der Waals surface area contributed by atoms with Crippen LogP contribution in [0.3, 0.4) is 0 Å². The number of pyridine rings is 1. The van der Waals surface area contributed by atoms with Crippen molar-refractivity contribution in [3.63, 3.8) is 0 Å². The van der Waals surface area contributed by atoms with Crippen LogP contribution in [0, 0.1) is 11.3 Å². The van der Waals surface area contributed by atoms with Gasteiger partial charge in [0.2, 0.25) is 0 Å². The van der Waals surface area contributed by atoms with Crippen LogP contribution in [0.4, 0.5) is 5.82 Å². The van der Waals surface area contributed by atoms with Gasteiger partial charge in [-0.1, -0.05) is 5.21 Å². The molecule has 2 N–H and O–H groups in total. The number of hydrogen-bond donors (Lipinski definition) is 2. The number of nitrogens with one attached hydrogen (secondary N) is 2. The normalized spacial score (nSPS) is 11.8. The summed E-state index contributed by atoms with van der Waals surface area (Å²) in [5.74, 6) is 1.04. The second-order valence-electron chi connectivity index (χ2n) is 3.15. The molecule has 0 fully saturated rings. The average molecular weight is 215 g/mol. The molecule has 0 spiro atoms. The van der Waals surface area contributed by atoms with Gasteiger partial charge in [0.15, 0.2) is 5.82 Å². The summed E-state index contributed by atoms with van der Waals surface area (Å²) >= 11 is 0. The van der Waals surface area contributed by atoms with E-state index in [1.54, 1.807) is 18.3 Å². The summed E-state index contributed by atoms with van der Waals surface area (Å²) in [4.78, 5) is 4.08.